The van der Waals surface area contributed by atoms with Crippen LogP contribution in [0.15, 0.2) is 46.9 Å². The molecule has 0 radical (unpaired) electrons. The molecule has 2 aromatic carbocycles. The Morgan fingerprint density at radius 3 is 2.36 bits per heavy atom. The third kappa shape index (κ3) is 3.38. The van der Waals surface area contributed by atoms with E-state index in [9.17, 15) is 22.4 Å². The number of carbonyl (C=O) groups excluding carboxylic acids is 1. The summed E-state index contributed by atoms with van der Waals surface area (Å²) in [4.78, 5) is 12.3. The van der Waals surface area contributed by atoms with Gasteiger partial charge in [-0.25, -0.2) is 9.18 Å². The highest BCUT2D eigenvalue weighted by molar-refractivity contribution is 9.10. The number of rotatable bonds is 2. The zero-order valence-electron chi connectivity index (χ0n) is 10.9. The number of amides is 2. The Bertz CT molecular complexity index is 718. The minimum atomic E-state index is -4.59. The molecule has 0 aliphatic carbocycles. The Morgan fingerprint density at radius 2 is 1.82 bits per heavy atom. The third-order valence-electron chi connectivity index (χ3n) is 2.80. The van der Waals surface area contributed by atoms with Gasteiger partial charge >= 0.3 is 12.2 Å². The summed E-state index contributed by atoms with van der Waals surface area (Å²) in [5, 5.41) is 0. The first-order valence-electron chi connectivity index (χ1n) is 5.92. The summed E-state index contributed by atoms with van der Waals surface area (Å²) in [5.74, 6) is -0.800. The molecule has 8 heteroatoms. The predicted octanol–water partition coefficient (Wildman–Crippen LogP) is 4.82. The number of nitrogens with two attached hydrogens (primary N) is 1. The zero-order valence-corrected chi connectivity index (χ0v) is 12.5. The van der Waals surface area contributed by atoms with Gasteiger partial charge in [-0.15, -0.1) is 0 Å². The Balaban J connectivity index is 2.56. The van der Waals surface area contributed by atoms with Crippen molar-refractivity contribution in [3.63, 3.8) is 0 Å². The van der Waals surface area contributed by atoms with E-state index < -0.39 is 23.6 Å². The number of anilines is 2. The lowest BCUT2D eigenvalue weighted by atomic mass is 10.1. The van der Waals surface area contributed by atoms with Crippen molar-refractivity contribution in [2.45, 2.75) is 6.18 Å². The van der Waals surface area contributed by atoms with Crippen LogP contribution in [0.2, 0.25) is 0 Å². The van der Waals surface area contributed by atoms with Gasteiger partial charge in [-0.1, -0.05) is 22.0 Å². The maximum Gasteiger partial charge on any atom is 0.416 e. The lowest BCUT2D eigenvalue weighted by Gasteiger charge is -2.22. The summed E-state index contributed by atoms with van der Waals surface area (Å²) in [6.45, 7) is 0. The summed E-state index contributed by atoms with van der Waals surface area (Å²) in [6.07, 6.45) is -4.59. The van der Waals surface area contributed by atoms with Crippen molar-refractivity contribution >= 4 is 33.3 Å². The number of carbonyl (C=O) groups is 1. The van der Waals surface area contributed by atoms with E-state index >= 15 is 0 Å². The predicted molar refractivity (Wildman–Crippen MR) is 77.3 cm³/mol. The van der Waals surface area contributed by atoms with E-state index in [4.69, 9.17) is 5.73 Å². The van der Waals surface area contributed by atoms with Crippen molar-refractivity contribution in [1.29, 1.82) is 0 Å². The van der Waals surface area contributed by atoms with Gasteiger partial charge in [-0.3, -0.25) is 4.90 Å². The van der Waals surface area contributed by atoms with Gasteiger partial charge < -0.3 is 5.73 Å². The lowest BCUT2D eigenvalue weighted by Crippen LogP contribution is -2.32. The second-order valence-electron chi connectivity index (χ2n) is 4.32. The molecule has 0 saturated carbocycles. The summed E-state index contributed by atoms with van der Waals surface area (Å²) in [5.41, 5.74) is 3.81. The topological polar surface area (TPSA) is 46.3 Å². The number of hydrogen-bond donors (Lipinski definition) is 1. The standard InChI is InChI=1S/C14H9BrF4N2O/c15-9-4-5-12(11(16)7-9)21(13(20)22)10-3-1-2-8(6-10)14(17,18)19/h1-7H,(H2,20,22). The van der Waals surface area contributed by atoms with Crippen LogP contribution in [-0.4, -0.2) is 6.03 Å². The van der Waals surface area contributed by atoms with Gasteiger partial charge in [0.2, 0.25) is 0 Å². The molecule has 0 saturated heterocycles. The van der Waals surface area contributed by atoms with Crippen LogP contribution < -0.4 is 10.6 Å². The molecule has 0 bridgehead atoms. The van der Waals surface area contributed by atoms with Crippen LogP contribution in [0.1, 0.15) is 5.56 Å². The maximum atomic E-state index is 14.0. The Hall–Kier alpha value is -2.09. The molecule has 0 spiro atoms. The number of alkyl halides is 3. The van der Waals surface area contributed by atoms with Crippen molar-refractivity contribution in [1.82, 2.24) is 0 Å². The highest BCUT2D eigenvalue weighted by Gasteiger charge is 2.31. The van der Waals surface area contributed by atoms with E-state index in [2.05, 4.69) is 15.9 Å². The van der Waals surface area contributed by atoms with Gasteiger partial charge in [-0.05, 0) is 36.4 Å². The molecular weight excluding hydrogens is 368 g/mol. The third-order valence-corrected chi connectivity index (χ3v) is 3.30. The normalized spacial score (nSPS) is 11.3. The molecular formula is C14H9BrF4N2O. The van der Waals surface area contributed by atoms with Gasteiger partial charge in [0.25, 0.3) is 0 Å². The first-order valence-corrected chi connectivity index (χ1v) is 6.71. The number of primary amides is 1. The van der Waals surface area contributed by atoms with Crippen LogP contribution in [0, 0.1) is 5.82 Å². The summed E-state index contributed by atoms with van der Waals surface area (Å²) < 4.78 is 52.7. The number of benzene rings is 2. The van der Waals surface area contributed by atoms with E-state index in [-0.39, 0.29) is 11.4 Å². The summed E-state index contributed by atoms with van der Waals surface area (Å²) >= 11 is 3.05. The summed E-state index contributed by atoms with van der Waals surface area (Å²) in [7, 11) is 0. The molecule has 2 N–H and O–H groups in total. The molecule has 0 fully saturated rings. The largest absolute Gasteiger partial charge is 0.416 e. The fourth-order valence-corrected chi connectivity index (χ4v) is 2.20. The summed E-state index contributed by atoms with van der Waals surface area (Å²) in [6, 6.07) is 6.60. The van der Waals surface area contributed by atoms with Crippen LogP contribution in [-0.2, 0) is 6.18 Å². The van der Waals surface area contributed by atoms with E-state index in [0.29, 0.717) is 9.37 Å². The highest BCUT2D eigenvalue weighted by Crippen LogP contribution is 2.35. The number of hydrogen-bond acceptors (Lipinski definition) is 1. The maximum absolute atomic E-state index is 14.0. The van der Waals surface area contributed by atoms with Crippen molar-refractivity contribution in [3.8, 4) is 0 Å². The first-order chi connectivity index (χ1) is 10.2. The van der Waals surface area contributed by atoms with Gasteiger partial charge in [-0.2, -0.15) is 13.2 Å². The minimum Gasteiger partial charge on any atom is -0.351 e. The Kier molecular flexibility index (Phi) is 4.41. The van der Waals surface area contributed by atoms with Gasteiger partial charge in [0.05, 0.1) is 16.9 Å². The molecule has 2 amide bonds. The molecule has 116 valence electrons. The van der Waals surface area contributed by atoms with Crippen molar-refractivity contribution < 1.29 is 22.4 Å². The molecule has 0 unspecified atom stereocenters. The van der Waals surface area contributed by atoms with Crippen LogP contribution in [0.25, 0.3) is 0 Å². The smallest absolute Gasteiger partial charge is 0.351 e. The van der Waals surface area contributed by atoms with Crippen LogP contribution in [0.5, 0.6) is 0 Å². The quantitative estimate of drug-likeness (QED) is 0.750. The Labute approximate surface area is 131 Å². The SMILES string of the molecule is NC(=O)N(c1cccc(C(F)(F)F)c1)c1ccc(Br)cc1F. The van der Waals surface area contributed by atoms with Gasteiger partial charge in [0.1, 0.15) is 5.82 Å². The fourth-order valence-electron chi connectivity index (χ4n) is 1.87. The highest BCUT2D eigenvalue weighted by atomic mass is 79.9. The number of urea groups is 1. The molecule has 0 atom stereocenters. The minimum absolute atomic E-state index is 0.177. The zero-order chi connectivity index (χ0) is 16.5. The number of nitrogens with zero attached hydrogens (tertiary/aromatic N) is 1. The molecule has 0 aliphatic rings. The number of halogens is 5. The monoisotopic (exact) mass is 376 g/mol. The van der Waals surface area contributed by atoms with Crippen LogP contribution >= 0.6 is 15.9 Å². The van der Waals surface area contributed by atoms with Crippen LogP contribution in [0.3, 0.4) is 0 Å². The van der Waals surface area contributed by atoms with Crippen molar-refractivity contribution in [3.05, 3.63) is 58.3 Å². The van der Waals surface area contributed by atoms with E-state index in [1.807, 2.05) is 0 Å². The molecule has 0 heterocycles. The van der Waals surface area contributed by atoms with E-state index in [1.165, 1.54) is 18.2 Å². The van der Waals surface area contributed by atoms with Crippen molar-refractivity contribution in [2.75, 3.05) is 4.90 Å². The molecule has 2 rings (SSSR count). The van der Waals surface area contributed by atoms with Crippen molar-refractivity contribution in [2.24, 2.45) is 5.73 Å². The average Bonchev–Trinajstić information content (AvgIpc) is 2.41. The Morgan fingerprint density at radius 1 is 1.14 bits per heavy atom. The second-order valence-corrected chi connectivity index (χ2v) is 5.23. The second kappa shape index (κ2) is 5.96. The fraction of sp³-hybridized carbons (Fsp3) is 0.0714. The molecule has 2 aromatic rings. The molecule has 0 aromatic heterocycles. The average molecular weight is 377 g/mol. The van der Waals surface area contributed by atoms with E-state index in [1.54, 1.807) is 0 Å². The first kappa shape index (κ1) is 16.3. The molecule has 0 aliphatic heterocycles. The molecule has 22 heavy (non-hydrogen) atoms. The van der Waals surface area contributed by atoms with E-state index in [0.717, 1.165) is 24.3 Å². The lowest BCUT2D eigenvalue weighted by molar-refractivity contribution is -0.137. The van der Waals surface area contributed by atoms with Crippen LogP contribution in [0.4, 0.5) is 33.7 Å². The molecule has 3 nitrogen and oxygen atoms in total. The van der Waals surface area contributed by atoms with Gasteiger partial charge in [0, 0.05) is 4.47 Å². The van der Waals surface area contributed by atoms with Gasteiger partial charge in [0.15, 0.2) is 0 Å².